The van der Waals surface area contributed by atoms with Crippen molar-refractivity contribution in [3.8, 4) is 5.75 Å². The highest BCUT2D eigenvalue weighted by Crippen LogP contribution is 2.50. The van der Waals surface area contributed by atoms with E-state index in [2.05, 4.69) is 0 Å². The molecule has 5 nitrogen and oxygen atoms in total. The van der Waals surface area contributed by atoms with Crippen molar-refractivity contribution < 1.29 is 19.4 Å². The van der Waals surface area contributed by atoms with Crippen molar-refractivity contribution in [1.82, 2.24) is 4.90 Å². The van der Waals surface area contributed by atoms with E-state index in [-0.39, 0.29) is 16.9 Å². The van der Waals surface area contributed by atoms with Crippen molar-refractivity contribution in [2.75, 3.05) is 26.8 Å². The van der Waals surface area contributed by atoms with Gasteiger partial charge in [0.2, 0.25) is 5.91 Å². The first-order valence-corrected chi connectivity index (χ1v) is 9.69. The number of piperidine rings is 1. The Kier molecular flexibility index (Phi) is 4.27. The van der Waals surface area contributed by atoms with Gasteiger partial charge in [-0.25, -0.2) is 0 Å². The van der Waals surface area contributed by atoms with Gasteiger partial charge in [-0.1, -0.05) is 12.1 Å². The molecule has 1 spiro atoms. The third-order valence-electron chi connectivity index (χ3n) is 6.52. The summed E-state index contributed by atoms with van der Waals surface area (Å²) in [4.78, 5) is 15.2. The minimum atomic E-state index is -0.648. The molecule has 0 aromatic heterocycles. The van der Waals surface area contributed by atoms with Gasteiger partial charge in [-0.3, -0.25) is 4.79 Å². The van der Waals surface area contributed by atoms with Crippen LogP contribution in [0, 0.1) is 0 Å². The molecule has 4 rings (SSSR count). The van der Waals surface area contributed by atoms with Crippen molar-refractivity contribution in [2.24, 2.45) is 0 Å². The molecule has 1 amide bonds. The lowest BCUT2D eigenvalue weighted by molar-refractivity contribution is -0.176. The van der Waals surface area contributed by atoms with E-state index in [0.29, 0.717) is 32.5 Å². The molecule has 1 unspecified atom stereocenters. The minimum absolute atomic E-state index is 0.250. The van der Waals surface area contributed by atoms with Crippen molar-refractivity contribution in [1.29, 1.82) is 0 Å². The number of methoxy groups -OCH3 is 1. The molecule has 0 radical (unpaired) electrons. The zero-order valence-electron chi connectivity index (χ0n) is 15.8. The van der Waals surface area contributed by atoms with E-state index >= 15 is 0 Å². The van der Waals surface area contributed by atoms with Gasteiger partial charge in [-0.2, -0.15) is 0 Å². The SMILES string of the molecule is COc1ccc(C2(C(=O)N3CCC4(CC3)CC(C)(O)CCO4)CC2)cc1. The molecule has 1 aromatic rings. The Balaban J connectivity index is 1.43. The molecule has 2 aliphatic heterocycles. The lowest BCUT2D eigenvalue weighted by atomic mass is 9.77. The van der Waals surface area contributed by atoms with Crippen LogP contribution in [0.5, 0.6) is 5.75 Å². The van der Waals surface area contributed by atoms with E-state index in [0.717, 1.165) is 37.0 Å². The van der Waals surface area contributed by atoms with Crippen LogP contribution in [0.2, 0.25) is 0 Å². The second kappa shape index (κ2) is 6.24. The number of aliphatic hydroxyl groups is 1. The van der Waals surface area contributed by atoms with E-state index in [1.807, 2.05) is 36.1 Å². The summed E-state index contributed by atoms with van der Waals surface area (Å²) in [6.07, 6.45) is 4.83. The Bertz CT molecular complexity index is 670. The van der Waals surface area contributed by atoms with Gasteiger partial charge in [-0.15, -0.1) is 0 Å². The van der Waals surface area contributed by atoms with Gasteiger partial charge in [0.15, 0.2) is 0 Å². The number of hydrogen-bond acceptors (Lipinski definition) is 4. The highest BCUT2D eigenvalue weighted by molar-refractivity contribution is 5.91. The Labute approximate surface area is 155 Å². The summed E-state index contributed by atoms with van der Waals surface area (Å²) in [5.74, 6) is 1.07. The van der Waals surface area contributed by atoms with E-state index in [1.54, 1.807) is 7.11 Å². The van der Waals surface area contributed by atoms with Crippen LogP contribution in [-0.2, 0) is 14.9 Å². The number of rotatable bonds is 3. The van der Waals surface area contributed by atoms with Gasteiger partial charge in [0.05, 0.1) is 30.3 Å². The number of amides is 1. The fourth-order valence-electron chi connectivity index (χ4n) is 4.72. The number of carbonyl (C=O) groups is 1. The number of ether oxygens (including phenoxy) is 2. The van der Waals surface area contributed by atoms with Gasteiger partial charge in [-0.05, 0) is 56.7 Å². The largest absolute Gasteiger partial charge is 0.497 e. The normalized spacial score (nSPS) is 29.4. The van der Waals surface area contributed by atoms with E-state index in [4.69, 9.17) is 9.47 Å². The van der Waals surface area contributed by atoms with Crippen LogP contribution < -0.4 is 4.74 Å². The standard InChI is InChI=1S/C21H29NO4/c1-19(24)11-14-26-20(15-19)9-12-22(13-10-20)18(23)21(7-8-21)16-3-5-17(25-2)6-4-16/h3-6,24H,7-15H2,1-2H3. The summed E-state index contributed by atoms with van der Waals surface area (Å²) in [6.45, 7) is 3.94. The first-order valence-electron chi connectivity index (χ1n) is 9.69. The second-order valence-corrected chi connectivity index (χ2v) is 8.56. The van der Waals surface area contributed by atoms with Crippen LogP contribution >= 0.6 is 0 Å². The molecule has 1 N–H and O–H groups in total. The van der Waals surface area contributed by atoms with Crippen LogP contribution in [0.25, 0.3) is 0 Å². The topological polar surface area (TPSA) is 59.0 Å². The van der Waals surface area contributed by atoms with Gasteiger partial charge >= 0.3 is 0 Å². The van der Waals surface area contributed by atoms with Crippen molar-refractivity contribution in [2.45, 2.75) is 62.1 Å². The average Bonchev–Trinajstić information content (AvgIpc) is 3.43. The zero-order valence-corrected chi connectivity index (χ0v) is 15.8. The molecule has 1 saturated carbocycles. The maximum absolute atomic E-state index is 13.2. The second-order valence-electron chi connectivity index (χ2n) is 8.56. The summed E-state index contributed by atoms with van der Waals surface area (Å²) in [5, 5.41) is 10.4. The highest BCUT2D eigenvalue weighted by Gasteiger charge is 2.54. The van der Waals surface area contributed by atoms with Crippen molar-refractivity contribution in [3.63, 3.8) is 0 Å². The van der Waals surface area contributed by atoms with Crippen molar-refractivity contribution in [3.05, 3.63) is 29.8 Å². The first-order chi connectivity index (χ1) is 12.4. The summed E-state index contributed by atoms with van der Waals surface area (Å²) >= 11 is 0. The molecule has 1 aliphatic carbocycles. The Morgan fingerprint density at radius 1 is 1.12 bits per heavy atom. The summed E-state index contributed by atoms with van der Waals surface area (Å²) < 4.78 is 11.3. The number of carbonyl (C=O) groups excluding carboxylic acids is 1. The van der Waals surface area contributed by atoms with Crippen LogP contribution in [-0.4, -0.2) is 53.9 Å². The molecule has 3 fully saturated rings. The zero-order chi connectivity index (χ0) is 18.4. The quantitative estimate of drug-likeness (QED) is 0.901. The molecule has 1 atom stereocenters. The summed E-state index contributed by atoms with van der Waals surface area (Å²) in [5.41, 5.74) is -0.142. The van der Waals surface area contributed by atoms with Gasteiger partial charge in [0.25, 0.3) is 0 Å². The van der Waals surface area contributed by atoms with Crippen LogP contribution in [0.15, 0.2) is 24.3 Å². The first kappa shape index (κ1) is 17.8. The fourth-order valence-corrected chi connectivity index (χ4v) is 4.72. The van der Waals surface area contributed by atoms with E-state index in [9.17, 15) is 9.90 Å². The molecule has 142 valence electrons. The average molecular weight is 359 g/mol. The molecule has 0 bridgehead atoms. The maximum Gasteiger partial charge on any atom is 0.233 e. The predicted molar refractivity (Wildman–Crippen MR) is 98.3 cm³/mol. The molecule has 2 heterocycles. The molecule has 2 saturated heterocycles. The summed E-state index contributed by atoms with van der Waals surface area (Å²) in [7, 11) is 1.65. The van der Waals surface area contributed by atoms with Gasteiger partial charge in [0, 0.05) is 19.5 Å². The lowest BCUT2D eigenvalue weighted by Gasteiger charge is -2.48. The smallest absolute Gasteiger partial charge is 0.233 e. The highest BCUT2D eigenvalue weighted by atomic mass is 16.5. The van der Waals surface area contributed by atoms with Gasteiger partial charge in [0.1, 0.15) is 5.75 Å². The monoisotopic (exact) mass is 359 g/mol. The number of hydrogen-bond donors (Lipinski definition) is 1. The molecule has 5 heteroatoms. The van der Waals surface area contributed by atoms with Crippen LogP contribution in [0.4, 0.5) is 0 Å². The number of benzene rings is 1. The molecular formula is C21H29NO4. The number of nitrogens with zero attached hydrogens (tertiary/aromatic N) is 1. The van der Waals surface area contributed by atoms with Crippen LogP contribution in [0.3, 0.4) is 0 Å². The summed E-state index contributed by atoms with van der Waals surface area (Å²) in [6, 6.07) is 7.92. The molecular weight excluding hydrogens is 330 g/mol. The van der Waals surface area contributed by atoms with Crippen LogP contribution in [0.1, 0.15) is 51.0 Å². The third kappa shape index (κ3) is 3.12. The van der Waals surface area contributed by atoms with E-state index < -0.39 is 5.60 Å². The maximum atomic E-state index is 13.2. The van der Waals surface area contributed by atoms with Gasteiger partial charge < -0.3 is 19.5 Å². The van der Waals surface area contributed by atoms with Crippen molar-refractivity contribution >= 4 is 5.91 Å². The molecule has 26 heavy (non-hydrogen) atoms. The lowest BCUT2D eigenvalue weighted by Crippen LogP contribution is -2.55. The number of likely N-dealkylation sites (tertiary alicyclic amines) is 1. The Morgan fingerprint density at radius 3 is 2.31 bits per heavy atom. The Hall–Kier alpha value is -1.59. The fraction of sp³-hybridized carbons (Fsp3) is 0.667. The molecule has 3 aliphatic rings. The minimum Gasteiger partial charge on any atom is -0.497 e. The predicted octanol–water partition coefficient (Wildman–Crippen LogP) is 2.65. The van der Waals surface area contributed by atoms with E-state index in [1.165, 1.54) is 0 Å². The third-order valence-corrected chi connectivity index (χ3v) is 6.52. The Morgan fingerprint density at radius 2 is 1.77 bits per heavy atom. The molecule has 1 aromatic carbocycles.